The molecule has 0 aliphatic carbocycles. The van der Waals surface area contributed by atoms with Crippen molar-refractivity contribution in [3.8, 4) is 0 Å². The zero-order valence-electron chi connectivity index (χ0n) is 15.4. The lowest BCUT2D eigenvalue weighted by molar-refractivity contribution is 0.461. The smallest absolute Gasteiger partial charge is 0.208 e. The maximum absolute atomic E-state index is 11.1. The van der Waals surface area contributed by atoms with Gasteiger partial charge in [0, 0.05) is 37.9 Å². The molecule has 0 spiro atoms. The number of para-hydroxylation sites is 1. The number of hydrogen-bond donors (Lipinski definition) is 3. The monoisotopic (exact) mass is 495 g/mol. The van der Waals surface area contributed by atoms with Gasteiger partial charge in [-0.1, -0.05) is 18.2 Å². The predicted octanol–water partition coefficient (Wildman–Crippen LogP) is 1.38. The maximum atomic E-state index is 11.1. The standard InChI is InChI=1S/C17H29N5O2S.HI/c1-3-18-17(19-11-12-20-25(2,23)24)21-15-9-13-22(14-10-15)16-7-5-4-6-8-16;/h4-8,15,20H,3,9-14H2,1-2H3,(H2,18,19,21);1H. The van der Waals surface area contributed by atoms with Crippen LogP contribution in [0.15, 0.2) is 35.3 Å². The van der Waals surface area contributed by atoms with Gasteiger partial charge in [0.1, 0.15) is 0 Å². The Bertz CT molecular complexity index is 646. The molecule has 1 aromatic rings. The minimum Gasteiger partial charge on any atom is -0.371 e. The first-order valence-electron chi connectivity index (χ1n) is 8.77. The molecule has 1 fully saturated rings. The van der Waals surface area contributed by atoms with Crippen molar-refractivity contribution in [1.82, 2.24) is 15.4 Å². The quantitative estimate of drug-likeness (QED) is 0.230. The van der Waals surface area contributed by atoms with E-state index in [2.05, 4.69) is 49.5 Å². The third-order valence-corrected chi connectivity index (χ3v) is 4.78. The summed E-state index contributed by atoms with van der Waals surface area (Å²) in [7, 11) is -3.16. The Labute approximate surface area is 174 Å². The fourth-order valence-electron chi connectivity index (χ4n) is 2.83. The van der Waals surface area contributed by atoms with E-state index in [-0.39, 0.29) is 24.0 Å². The van der Waals surface area contributed by atoms with Crippen molar-refractivity contribution < 1.29 is 8.42 Å². The van der Waals surface area contributed by atoms with E-state index in [4.69, 9.17) is 0 Å². The summed E-state index contributed by atoms with van der Waals surface area (Å²) in [4.78, 5) is 6.84. The fraction of sp³-hybridized carbons (Fsp3) is 0.588. The Hall–Kier alpha value is -1.07. The molecule has 0 radical (unpaired) electrons. The van der Waals surface area contributed by atoms with Crippen molar-refractivity contribution in [3.63, 3.8) is 0 Å². The topological polar surface area (TPSA) is 85.8 Å². The molecule has 1 aliphatic rings. The number of sulfonamides is 1. The van der Waals surface area contributed by atoms with Gasteiger partial charge in [0.25, 0.3) is 0 Å². The minimum atomic E-state index is -3.16. The van der Waals surface area contributed by atoms with Gasteiger partial charge in [-0.25, -0.2) is 13.1 Å². The van der Waals surface area contributed by atoms with Crippen LogP contribution in [0.1, 0.15) is 19.8 Å². The van der Waals surface area contributed by atoms with Crippen LogP contribution in [0, 0.1) is 0 Å². The number of rotatable bonds is 7. The molecule has 9 heteroatoms. The number of halogens is 1. The number of benzene rings is 1. The highest BCUT2D eigenvalue weighted by molar-refractivity contribution is 14.0. The number of guanidine groups is 1. The summed E-state index contributed by atoms with van der Waals surface area (Å²) in [6.45, 7) is 5.53. The van der Waals surface area contributed by atoms with Crippen LogP contribution in [0.4, 0.5) is 5.69 Å². The molecule has 0 saturated carbocycles. The highest BCUT2D eigenvalue weighted by Gasteiger charge is 2.20. The molecule has 0 aromatic heterocycles. The lowest BCUT2D eigenvalue weighted by atomic mass is 10.0. The zero-order chi connectivity index (χ0) is 18.1. The van der Waals surface area contributed by atoms with Crippen molar-refractivity contribution in [2.45, 2.75) is 25.8 Å². The van der Waals surface area contributed by atoms with Gasteiger partial charge in [0.15, 0.2) is 5.96 Å². The number of aliphatic imine (C=N–C) groups is 1. The number of anilines is 1. The van der Waals surface area contributed by atoms with Gasteiger partial charge in [0.05, 0.1) is 12.8 Å². The Morgan fingerprint density at radius 3 is 2.46 bits per heavy atom. The molecule has 1 aromatic carbocycles. The molecule has 0 unspecified atom stereocenters. The highest BCUT2D eigenvalue weighted by atomic mass is 127. The third kappa shape index (κ3) is 8.54. The second-order valence-electron chi connectivity index (χ2n) is 6.17. The van der Waals surface area contributed by atoms with Crippen molar-refractivity contribution >= 4 is 45.6 Å². The van der Waals surface area contributed by atoms with Gasteiger partial charge in [-0.15, -0.1) is 24.0 Å². The summed E-state index contributed by atoms with van der Waals surface area (Å²) >= 11 is 0. The normalized spacial score (nSPS) is 16.1. The van der Waals surface area contributed by atoms with Crippen molar-refractivity contribution in [3.05, 3.63) is 30.3 Å². The van der Waals surface area contributed by atoms with Crippen LogP contribution in [0.25, 0.3) is 0 Å². The summed E-state index contributed by atoms with van der Waals surface area (Å²) in [6, 6.07) is 10.8. The second-order valence-corrected chi connectivity index (χ2v) is 8.00. The van der Waals surface area contributed by atoms with Gasteiger partial charge in [-0.2, -0.15) is 0 Å². The van der Waals surface area contributed by atoms with Crippen LogP contribution >= 0.6 is 24.0 Å². The lowest BCUT2D eigenvalue weighted by Crippen LogP contribution is -2.49. The molecule has 2 rings (SSSR count). The Morgan fingerprint density at radius 2 is 1.88 bits per heavy atom. The van der Waals surface area contributed by atoms with E-state index >= 15 is 0 Å². The predicted molar refractivity (Wildman–Crippen MR) is 119 cm³/mol. The van der Waals surface area contributed by atoms with Crippen LogP contribution < -0.4 is 20.3 Å². The van der Waals surface area contributed by atoms with E-state index < -0.39 is 10.0 Å². The largest absolute Gasteiger partial charge is 0.371 e. The molecule has 1 aliphatic heterocycles. The van der Waals surface area contributed by atoms with Crippen LogP contribution in [-0.4, -0.2) is 59.4 Å². The van der Waals surface area contributed by atoms with E-state index in [1.54, 1.807) is 0 Å². The third-order valence-electron chi connectivity index (χ3n) is 4.05. The molecule has 1 saturated heterocycles. The molecule has 0 amide bonds. The van der Waals surface area contributed by atoms with Crippen LogP contribution in [-0.2, 0) is 10.0 Å². The zero-order valence-corrected chi connectivity index (χ0v) is 18.6. The molecule has 3 N–H and O–H groups in total. The van der Waals surface area contributed by atoms with Gasteiger partial charge in [0.2, 0.25) is 10.0 Å². The maximum Gasteiger partial charge on any atom is 0.208 e. The average molecular weight is 495 g/mol. The van der Waals surface area contributed by atoms with Crippen molar-refractivity contribution in [2.75, 3.05) is 43.9 Å². The molecule has 0 bridgehead atoms. The van der Waals surface area contributed by atoms with E-state index in [0.717, 1.165) is 44.7 Å². The molecule has 148 valence electrons. The molecule has 1 heterocycles. The van der Waals surface area contributed by atoms with Crippen LogP contribution in [0.5, 0.6) is 0 Å². The van der Waals surface area contributed by atoms with E-state index in [0.29, 0.717) is 19.1 Å². The molecule has 7 nitrogen and oxygen atoms in total. The summed E-state index contributed by atoms with van der Waals surface area (Å²) in [5.74, 6) is 0.746. The Balaban J connectivity index is 0.00000338. The van der Waals surface area contributed by atoms with Crippen LogP contribution in [0.3, 0.4) is 0 Å². The summed E-state index contributed by atoms with van der Waals surface area (Å²) < 4.78 is 24.6. The fourth-order valence-corrected chi connectivity index (χ4v) is 3.30. The summed E-state index contributed by atoms with van der Waals surface area (Å²) in [5.41, 5.74) is 1.27. The first-order chi connectivity index (χ1) is 12.0. The van der Waals surface area contributed by atoms with E-state index in [1.165, 1.54) is 5.69 Å². The van der Waals surface area contributed by atoms with Gasteiger partial charge in [-0.3, -0.25) is 4.99 Å². The average Bonchev–Trinajstić information content (AvgIpc) is 2.59. The van der Waals surface area contributed by atoms with Gasteiger partial charge in [-0.05, 0) is 31.9 Å². The van der Waals surface area contributed by atoms with E-state index in [9.17, 15) is 8.42 Å². The summed E-state index contributed by atoms with van der Waals surface area (Å²) in [6.07, 6.45) is 3.24. The molecular weight excluding hydrogens is 465 g/mol. The Kier molecular flexibility index (Phi) is 10.3. The minimum absolute atomic E-state index is 0. The number of hydrogen-bond acceptors (Lipinski definition) is 4. The summed E-state index contributed by atoms with van der Waals surface area (Å²) in [5, 5.41) is 6.68. The van der Waals surface area contributed by atoms with Crippen molar-refractivity contribution in [2.24, 2.45) is 4.99 Å². The number of piperidine rings is 1. The molecule has 0 atom stereocenters. The first kappa shape index (κ1) is 23.0. The molecular formula is C17H30IN5O2S. The first-order valence-corrected chi connectivity index (χ1v) is 10.7. The van der Waals surface area contributed by atoms with Gasteiger partial charge < -0.3 is 15.5 Å². The lowest BCUT2D eigenvalue weighted by Gasteiger charge is -2.34. The number of nitrogens with zero attached hydrogens (tertiary/aromatic N) is 2. The highest BCUT2D eigenvalue weighted by Crippen LogP contribution is 2.19. The van der Waals surface area contributed by atoms with Crippen LogP contribution in [0.2, 0.25) is 0 Å². The van der Waals surface area contributed by atoms with Gasteiger partial charge >= 0.3 is 0 Å². The SMILES string of the molecule is CCNC(=NCCNS(C)(=O)=O)NC1CCN(c2ccccc2)CC1.I. The number of nitrogens with one attached hydrogen (secondary N) is 3. The molecule has 26 heavy (non-hydrogen) atoms. The van der Waals surface area contributed by atoms with E-state index in [1.807, 2.05) is 13.0 Å². The second kappa shape index (κ2) is 11.6. The Morgan fingerprint density at radius 1 is 1.23 bits per heavy atom. The van der Waals surface area contributed by atoms with Crippen molar-refractivity contribution in [1.29, 1.82) is 0 Å².